The van der Waals surface area contributed by atoms with Crippen molar-refractivity contribution in [2.45, 2.75) is 5.37 Å². The second-order valence-electron chi connectivity index (χ2n) is 4.23. The number of ether oxygens (including phenoxy) is 2. The molecule has 6 nitrogen and oxygen atoms in total. The molecule has 1 aliphatic rings. The van der Waals surface area contributed by atoms with E-state index in [1.165, 1.54) is 23.1 Å². The Hall–Kier alpha value is -1.80. The number of benzene rings is 1. The molecule has 1 fully saturated rings. The normalized spacial score (nSPS) is 18.1. The number of anilines is 1. The fourth-order valence-electron chi connectivity index (χ4n) is 2.24. The third kappa shape index (κ3) is 2.44. The van der Waals surface area contributed by atoms with Crippen LogP contribution in [0.2, 0.25) is 0 Å². The average Bonchev–Trinajstić information content (AvgIpc) is 3.15. The molecule has 21 heavy (non-hydrogen) atoms. The largest absolute Gasteiger partial charge is 0.493 e. The molecular formula is C13H13N3O3S2. The van der Waals surface area contributed by atoms with Crippen LogP contribution in [-0.4, -0.2) is 36.1 Å². The number of hydrogen-bond donors (Lipinski definition) is 0. The number of amides is 1. The molecule has 3 rings (SSSR count). The average molecular weight is 323 g/mol. The summed E-state index contributed by atoms with van der Waals surface area (Å²) >= 11 is 2.88. The van der Waals surface area contributed by atoms with Crippen LogP contribution in [-0.2, 0) is 4.79 Å². The van der Waals surface area contributed by atoms with Crippen LogP contribution in [0.15, 0.2) is 23.7 Å². The van der Waals surface area contributed by atoms with Crippen LogP contribution in [0.4, 0.5) is 5.13 Å². The fraction of sp³-hybridized carbons (Fsp3) is 0.308. The number of hydrogen-bond acceptors (Lipinski definition) is 7. The minimum Gasteiger partial charge on any atom is -0.493 e. The number of aromatic nitrogens is 2. The summed E-state index contributed by atoms with van der Waals surface area (Å²) in [6.07, 6.45) is 0. The van der Waals surface area contributed by atoms with E-state index < -0.39 is 0 Å². The Morgan fingerprint density at radius 3 is 2.86 bits per heavy atom. The molecular weight excluding hydrogens is 310 g/mol. The van der Waals surface area contributed by atoms with Gasteiger partial charge < -0.3 is 9.47 Å². The van der Waals surface area contributed by atoms with Crippen molar-refractivity contribution < 1.29 is 14.3 Å². The van der Waals surface area contributed by atoms with E-state index >= 15 is 0 Å². The van der Waals surface area contributed by atoms with Crippen LogP contribution in [0.5, 0.6) is 11.5 Å². The summed E-state index contributed by atoms with van der Waals surface area (Å²) in [5, 5.41) is 8.24. The number of carbonyl (C=O) groups is 1. The van der Waals surface area contributed by atoms with Crippen molar-refractivity contribution in [3.05, 3.63) is 29.3 Å². The number of rotatable bonds is 4. The SMILES string of the molecule is COc1cccc([C@@H]2SCC(=O)N2c2nncs2)c1OC. The van der Waals surface area contributed by atoms with E-state index in [1.807, 2.05) is 18.2 Å². The van der Waals surface area contributed by atoms with E-state index in [0.29, 0.717) is 22.4 Å². The standard InChI is InChI=1S/C13H13N3O3S2/c1-18-9-5-3-4-8(11(9)19-2)12-16(10(17)6-20-12)13-15-14-7-21-13/h3-5,7,12H,6H2,1-2H3/t12-/m0/s1. The zero-order valence-electron chi connectivity index (χ0n) is 11.5. The van der Waals surface area contributed by atoms with Gasteiger partial charge in [-0.05, 0) is 6.07 Å². The first-order valence-corrected chi connectivity index (χ1v) is 8.09. The smallest absolute Gasteiger partial charge is 0.240 e. The van der Waals surface area contributed by atoms with Crippen LogP contribution in [0.3, 0.4) is 0 Å². The highest BCUT2D eigenvalue weighted by molar-refractivity contribution is 8.00. The number of nitrogens with zero attached hydrogens (tertiary/aromatic N) is 3. The second-order valence-corrected chi connectivity index (χ2v) is 6.11. The molecule has 0 radical (unpaired) electrons. The van der Waals surface area contributed by atoms with E-state index in [0.717, 1.165) is 5.56 Å². The molecule has 2 heterocycles. The van der Waals surface area contributed by atoms with Crippen molar-refractivity contribution in [1.29, 1.82) is 0 Å². The van der Waals surface area contributed by atoms with E-state index in [-0.39, 0.29) is 11.3 Å². The van der Waals surface area contributed by atoms with E-state index in [2.05, 4.69) is 10.2 Å². The lowest BCUT2D eigenvalue weighted by Crippen LogP contribution is -2.28. The Morgan fingerprint density at radius 1 is 1.33 bits per heavy atom. The Balaban J connectivity index is 2.05. The molecule has 0 spiro atoms. The molecule has 2 aromatic rings. The first kappa shape index (κ1) is 14.2. The van der Waals surface area contributed by atoms with Gasteiger partial charge in [-0.15, -0.1) is 22.0 Å². The highest BCUT2D eigenvalue weighted by Crippen LogP contribution is 2.47. The second kappa shape index (κ2) is 5.90. The first-order chi connectivity index (χ1) is 10.3. The highest BCUT2D eigenvalue weighted by Gasteiger charge is 2.37. The highest BCUT2D eigenvalue weighted by atomic mass is 32.2. The minimum atomic E-state index is -0.185. The van der Waals surface area contributed by atoms with E-state index in [4.69, 9.17) is 9.47 Å². The molecule has 1 atom stereocenters. The molecule has 0 unspecified atom stereocenters. The van der Waals surface area contributed by atoms with Gasteiger partial charge in [0.2, 0.25) is 11.0 Å². The molecule has 110 valence electrons. The van der Waals surface area contributed by atoms with Gasteiger partial charge in [-0.1, -0.05) is 23.5 Å². The van der Waals surface area contributed by atoms with Crippen LogP contribution in [0.1, 0.15) is 10.9 Å². The van der Waals surface area contributed by atoms with Crippen molar-refractivity contribution in [3.63, 3.8) is 0 Å². The molecule has 1 amide bonds. The molecule has 1 aliphatic heterocycles. The van der Waals surface area contributed by atoms with Crippen LogP contribution in [0, 0.1) is 0 Å². The predicted octanol–water partition coefficient (Wildman–Crippen LogP) is 2.33. The summed E-state index contributed by atoms with van der Waals surface area (Å²) in [5.41, 5.74) is 2.51. The first-order valence-electron chi connectivity index (χ1n) is 6.17. The number of para-hydroxylation sites is 1. The van der Waals surface area contributed by atoms with Gasteiger partial charge in [0.1, 0.15) is 10.9 Å². The van der Waals surface area contributed by atoms with Gasteiger partial charge in [-0.25, -0.2) is 0 Å². The van der Waals surface area contributed by atoms with Crippen LogP contribution < -0.4 is 14.4 Å². The van der Waals surface area contributed by atoms with Crippen molar-refractivity contribution >= 4 is 34.1 Å². The maximum absolute atomic E-state index is 12.2. The summed E-state index contributed by atoms with van der Waals surface area (Å²) in [5.74, 6) is 1.71. The molecule has 0 saturated carbocycles. The maximum Gasteiger partial charge on any atom is 0.240 e. The quantitative estimate of drug-likeness (QED) is 0.860. The molecule has 8 heteroatoms. The monoisotopic (exact) mass is 323 g/mol. The van der Waals surface area contributed by atoms with Crippen LogP contribution in [0.25, 0.3) is 0 Å². The molecule has 1 saturated heterocycles. The van der Waals surface area contributed by atoms with Gasteiger partial charge in [0.25, 0.3) is 0 Å². The van der Waals surface area contributed by atoms with Crippen molar-refractivity contribution in [2.75, 3.05) is 24.9 Å². The van der Waals surface area contributed by atoms with Crippen LogP contribution >= 0.6 is 23.1 Å². The molecule has 0 bridgehead atoms. The minimum absolute atomic E-state index is 0.0200. The summed E-state index contributed by atoms with van der Waals surface area (Å²) in [6, 6.07) is 5.66. The number of thioether (sulfide) groups is 1. The van der Waals surface area contributed by atoms with Gasteiger partial charge in [0.15, 0.2) is 11.5 Å². The summed E-state index contributed by atoms with van der Waals surface area (Å²) in [6.45, 7) is 0. The lowest BCUT2D eigenvalue weighted by molar-refractivity contribution is -0.115. The molecule has 0 N–H and O–H groups in total. The fourth-order valence-corrected chi connectivity index (χ4v) is 4.08. The predicted molar refractivity (Wildman–Crippen MR) is 82.1 cm³/mol. The summed E-state index contributed by atoms with van der Waals surface area (Å²) < 4.78 is 10.8. The van der Waals surface area contributed by atoms with E-state index in [9.17, 15) is 4.79 Å². The molecule has 1 aromatic carbocycles. The van der Waals surface area contributed by atoms with Crippen molar-refractivity contribution in [1.82, 2.24) is 10.2 Å². The Labute approximate surface area is 130 Å². The van der Waals surface area contributed by atoms with E-state index in [1.54, 1.807) is 24.6 Å². The lowest BCUT2D eigenvalue weighted by atomic mass is 10.1. The lowest BCUT2D eigenvalue weighted by Gasteiger charge is -2.23. The third-order valence-corrected chi connectivity index (χ3v) is 5.00. The Morgan fingerprint density at radius 2 is 2.19 bits per heavy atom. The zero-order chi connectivity index (χ0) is 14.8. The van der Waals surface area contributed by atoms with Gasteiger partial charge in [0.05, 0.1) is 20.0 Å². The van der Waals surface area contributed by atoms with Gasteiger partial charge in [-0.3, -0.25) is 9.69 Å². The summed E-state index contributed by atoms with van der Waals surface area (Å²) in [4.78, 5) is 13.8. The molecule has 0 aliphatic carbocycles. The van der Waals surface area contributed by atoms with Crippen molar-refractivity contribution in [3.8, 4) is 11.5 Å². The maximum atomic E-state index is 12.2. The molecule has 1 aromatic heterocycles. The number of methoxy groups -OCH3 is 2. The summed E-state index contributed by atoms with van der Waals surface area (Å²) in [7, 11) is 3.19. The topological polar surface area (TPSA) is 64.5 Å². The number of carbonyl (C=O) groups excluding carboxylic acids is 1. The van der Waals surface area contributed by atoms with Gasteiger partial charge in [-0.2, -0.15) is 0 Å². The zero-order valence-corrected chi connectivity index (χ0v) is 13.1. The Bertz CT molecular complexity index is 648. The third-order valence-electron chi connectivity index (χ3n) is 3.12. The van der Waals surface area contributed by atoms with Crippen molar-refractivity contribution in [2.24, 2.45) is 0 Å². The van der Waals surface area contributed by atoms with Gasteiger partial charge in [0, 0.05) is 5.56 Å². The van der Waals surface area contributed by atoms with Gasteiger partial charge >= 0.3 is 0 Å². The Kier molecular flexibility index (Phi) is 3.98.